The number of hydrogen-bond donors (Lipinski definition) is 2. The molecular weight excluding hydrogens is 256 g/mol. The highest BCUT2D eigenvalue weighted by Gasteiger charge is 2.14. The van der Waals surface area contributed by atoms with Gasteiger partial charge >= 0.3 is 5.97 Å². The Hall–Kier alpha value is -2.75. The maximum Gasteiger partial charge on any atom is 0.328 e. The van der Waals surface area contributed by atoms with E-state index in [1.165, 1.54) is 19.3 Å². The summed E-state index contributed by atoms with van der Waals surface area (Å²) in [6.07, 6.45) is 2.53. The topological polar surface area (TPSA) is 66.8 Å². The third-order valence-electron chi connectivity index (χ3n) is 2.84. The predicted octanol–water partition coefficient (Wildman–Crippen LogP) is 3.17. The SMILES string of the molecule is COc1c(O)ccc(C=CC(=O)O)c1-c1ccccc1. The summed E-state index contributed by atoms with van der Waals surface area (Å²) in [5.74, 6) is -0.696. The fourth-order valence-electron chi connectivity index (χ4n) is 2.00. The van der Waals surface area contributed by atoms with Crippen LogP contribution in [0.1, 0.15) is 5.56 Å². The number of carbonyl (C=O) groups is 1. The number of phenols is 1. The van der Waals surface area contributed by atoms with E-state index in [1.54, 1.807) is 6.07 Å². The fourth-order valence-corrected chi connectivity index (χ4v) is 2.00. The van der Waals surface area contributed by atoms with E-state index in [0.29, 0.717) is 16.9 Å². The number of methoxy groups -OCH3 is 1. The van der Waals surface area contributed by atoms with Gasteiger partial charge in [-0.15, -0.1) is 0 Å². The van der Waals surface area contributed by atoms with Crippen LogP contribution >= 0.6 is 0 Å². The Labute approximate surface area is 116 Å². The summed E-state index contributed by atoms with van der Waals surface area (Å²) >= 11 is 0. The second kappa shape index (κ2) is 5.93. The fraction of sp³-hybridized carbons (Fsp3) is 0.0625. The van der Waals surface area contributed by atoms with Crippen molar-refractivity contribution in [3.8, 4) is 22.6 Å². The molecule has 0 aliphatic rings. The average molecular weight is 270 g/mol. The van der Waals surface area contributed by atoms with E-state index in [9.17, 15) is 9.90 Å². The zero-order valence-corrected chi connectivity index (χ0v) is 10.9. The Morgan fingerprint density at radius 3 is 2.45 bits per heavy atom. The zero-order valence-electron chi connectivity index (χ0n) is 10.9. The number of hydrogen-bond acceptors (Lipinski definition) is 3. The normalized spacial score (nSPS) is 10.7. The molecule has 0 heterocycles. The van der Waals surface area contributed by atoms with Crippen LogP contribution in [0.4, 0.5) is 0 Å². The second-order valence-corrected chi connectivity index (χ2v) is 4.12. The smallest absolute Gasteiger partial charge is 0.328 e. The molecule has 0 saturated heterocycles. The van der Waals surface area contributed by atoms with E-state index >= 15 is 0 Å². The number of carboxylic acid groups (broad SMARTS) is 1. The molecule has 0 fully saturated rings. The van der Waals surface area contributed by atoms with E-state index in [0.717, 1.165) is 11.6 Å². The molecule has 2 aromatic carbocycles. The Balaban J connectivity index is 2.67. The summed E-state index contributed by atoms with van der Waals surface area (Å²) in [5.41, 5.74) is 2.16. The minimum Gasteiger partial charge on any atom is -0.504 e. The molecule has 4 heteroatoms. The maximum absolute atomic E-state index is 10.7. The van der Waals surface area contributed by atoms with Crippen LogP contribution in [0, 0.1) is 0 Å². The summed E-state index contributed by atoms with van der Waals surface area (Å²) < 4.78 is 5.25. The Morgan fingerprint density at radius 1 is 1.15 bits per heavy atom. The largest absolute Gasteiger partial charge is 0.504 e. The lowest BCUT2D eigenvalue weighted by Gasteiger charge is -2.13. The van der Waals surface area contributed by atoms with Gasteiger partial charge < -0.3 is 14.9 Å². The molecule has 102 valence electrons. The Morgan fingerprint density at radius 2 is 1.85 bits per heavy atom. The molecule has 20 heavy (non-hydrogen) atoms. The lowest BCUT2D eigenvalue weighted by atomic mass is 9.97. The lowest BCUT2D eigenvalue weighted by Crippen LogP contribution is -1.93. The Bertz CT molecular complexity index is 645. The first kappa shape index (κ1) is 13.7. The van der Waals surface area contributed by atoms with Gasteiger partial charge in [-0.1, -0.05) is 36.4 Å². The van der Waals surface area contributed by atoms with Crippen molar-refractivity contribution < 1.29 is 19.7 Å². The molecular formula is C16H14O4. The number of phenolic OH excluding ortho intramolecular Hbond substituents is 1. The standard InChI is InChI=1S/C16H14O4/c1-20-16-13(17)9-7-12(8-10-14(18)19)15(16)11-5-3-2-4-6-11/h2-10,17H,1H3,(H,18,19). The van der Waals surface area contributed by atoms with Gasteiger partial charge in [0.25, 0.3) is 0 Å². The van der Waals surface area contributed by atoms with Crippen molar-refractivity contribution in [2.24, 2.45) is 0 Å². The van der Waals surface area contributed by atoms with Crippen LogP contribution in [0.5, 0.6) is 11.5 Å². The van der Waals surface area contributed by atoms with Crippen LogP contribution in [0.2, 0.25) is 0 Å². The average Bonchev–Trinajstić information content (AvgIpc) is 2.46. The van der Waals surface area contributed by atoms with Crippen molar-refractivity contribution in [2.45, 2.75) is 0 Å². The van der Waals surface area contributed by atoms with Gasteiger partial charge in [0.1, 0.15) is 0 Å². The van der Waals surface area contributed by atoms with Crippen molar-refractivity contribution in [2.75, 3.05) is 7.11 Å². The van der Waals surface area contributed by atoms with E-state index < -0.39 is 5.97 Å². The maximum atomic E-state index is 10.7. The molecule has 0 amide bonds. The third-order valence-corrected chi connectivity index (χ3v) is 2.84. The first-order chi connectivity index (χ1) is 9.63. The van der Waals surface area contributed by atoms with Gasteiger partial charge in [0.05, 0.1) is 7.11 Å². The van der Waals surface area contributed by atoms with E-state index in [4.69, 9.17) is 9.84 Å². The highest BCUT2D eigenvalue weighted by Crippen LogP contribution is 2.40. The summed E-state index contributed by atoms with van der Waals surface area (Å²) in [6.45, 7) is 0. The third kappa shape index (κ3) is 2.80. The van der Waals surface area contributed by atoms with Gasteiger partial charge in [0.15, 0.2) is 11.5 Å². The molecule has 2 rings (SSSR count). The van der Waals surface area contributed by atoms with Crippen LogP contribution in [-0.4, -0.2) is 23.3 Å². The van der Waals surface area contributed by atoms with Gasteiger partial charge in [0.2, 0.25) is 0 Å². The molecule has 0 bridgehead atoms. The van der Waals surface area contributed by atoms with E-state index in [1.807, 2.05) is 30.3 Å². The van der Waals surface area contributed by atoms with E-state index in [-0.39, 0.29) is 5.75 Å². The summed E-state index contributed by atoms with van der Waals surface area (Å²) in [5, 5.41) is 18.6. The molecule has 0 saturated carbocycles. The molecule has 0 atom stereocenters. The van der Waals surface area contributed by atoms with Crippen LogP contribution in [0.25, 0.3) is 17.2 Å². The minimum atomic E-state index is -1.03. The molecule has 2 aromatic rings. The molecule has 0 aliphatic carbocycles. The molecule has 0 unspecified atom stereocenters. The molecule has 0 aromatic heterocycles. The minimum absolute atomic E-state index is 0.0128. The van der Waals surface area contributed by atoms with Crippen LogP contribution in [0.3, 0.4) is 0 Å². The van der Waals surface area contributed by atoms with Gasteiger partial charge in [-0.2, -0.15) is 0 Å². The molecule has 0 aliphatic heterocycles. The zero-order chi connectivity index (χ0) is 14.5. The van der Waals surface area contributed by atoms with Crippen molar-refractivity contribution in [3.05, 3.63) is 54.1 Å². The summed E-state index contributed by atoms with van der Waals surface area (Å²) in [4.78, 5) is 10.7. The van der Waals surface area contributed by atoms with Crippen LogP contribution < -0.4 is 4.74 Å². The monoisotopic (exact) mass is 270 g/mol. The van der Waals surface area contributed by atoms with Crippen molar-refractivity contribution in [1.29, 1.82) is 0 Å². The number of aliphatic carboxylic acids is 1. The highest BCUT2D eigenvalue weighted by molar-refractivity contribution is 5.90. The van der Waals surface area contributed by atoms with Gasteiger partial charge in [-0.05, 0) is 23.3 Å². The lowest BCUT2D eigenvalue weighted by molar-refractivity contribution is -0.131. The number of carboxylic acids is 1. The molecule has 4 nitrogen and oxygen atoms in total. The first-order valence-corrected chi connectivity index (χ1v) is 6.00. The van der Waals surface area contributed by atoms with Crippen LogP contribution in [-0.2, 0) is 4.79 Å². The Kier molecular flexibility index (Phi) is 4.05. The number of aromatic hydroxyl groups is 1. The summed E-state index contributed by atoms with van der Waals surface area (Å²) in [7, 11) is 1.46. The number of rotatable bonds is 4. The molecule has 0 spiro atoms. The molecule has 2 N–H and O–H groups in total. The summed E-state index contributed by atoms with van der Waals surface area (Å²) in [6, 6.07) is 12.5. The number of benzene rings is 2. The van der Waals surface area contributed by atoms with E-state index in [2.05, 4.69) is 0 Å². The van der Waals surface area contributed by atoms with Gasteiger partial charge in [0, 0.05) is 11.6 Å². The predicted molar refractivity (Wildman–Crippen MR) is 76.8 cm³/mol. The van der Waals surface area contributed by atoms with Gasteiger partial charge in [-0.25, -0.2) is 4.79 Å². The quantitative estimate of drug-likeness (QED) is 0.837. The number of ether oxygens (including phenoxy) is 1. The van der Waals surface area contributed by atoms with Crippen LogP contribution in [0.15, 0.2) is 48.5 Å². The first-order valence-electron chi connectivity index (χ1n) is 6.00. The second-order valence-electron chi connectivity index (χ2n) is 4.12. The van der Waals surface area contributed by atoms with Crippen molar-refractivity contribution in [1.82, 2.24) is 0 Å². The van der Waals surface area contributed by atoms with Crippen molar-refractivity contribution >= 4 is 12.0 Å². The van der Waals surface area contributed by atoms with Crippen molar-refractivity contribution in [3.63, 3.8) is 0 Å². The highest BCUT2D eigenvalue weighted by atomic mass is 16.5. The molecule has 0 radical (unpaired) electrons. The van der Waals surface area contributed by atoms with Gasteiger partial charge in [-0.3, -0.25) is 0 Å².